The molecule has 0 spiro atoms. The Bertz CT molecular complexity index is 642. The highest BCUT2D eigenvalue weighted by atomic mass is 16.6. The van der Waals surface area contributed by atoms with Crippen molar-refractivity contribution in [3.63, 3.8) is 0 Å². The van der Waals surface area contributed by atoms with E-state index in [1.165, 1.54) is 19.2 Å². The van der Waals surface area contributed by atoms with Crippen molar-refractivity contribution in [3.05, 3.63) is 38.9 Å². The fourth-order valence-corrected chi connectivity index (χ4v) is 2.25. The number of aryl methyl sites for hydroxylation is 2. The van der Waals surface area contributed by atoms with Crippen molar-refractivity contribution in [3.8, 4) is 0 Å². The van der Waals surface area contributed by atoms with Gasteiger partial charge < -0.3 is 9.47 Å². The number of benzene rings is 1. The predicted octanol–water partition coefficient (Wildman–Crippen LogP) is 1.18. The predicted molar refractivity (Wildman–Crippen MR) is 75.4 cm³/mol. The Morgan fingerprint density at radius 3 is 2.59 bits per heavy atom. The zero-order chi connectivity index (χ0) is 16.4. The summed E-state index contributed by atoms with van der Waals surface area (Å²) in [7, 11) is 1.21. The number of carbonyl (C=O) groups is 2. The molecule has 0 unspecified atom stereocenters. The van der Waals surface area contributed by atoms with Crippen LogP contribution in [0.1, 0.15) is 21.5 Å². The van der Waals surface area contributed by atoms with Crippen LogP contribution in [0.5, 0.6) is 0 Å². The van der Waals surface area contributed by atoms with Crippen LogP contribution in [0.3, 0.4) is 0 Å². The molecule has 1 aromatic carbocycles. The fraction of sp³-hybridized carbons (Fsp3) is 0.429. The van der Waals surface area contributed by atoms with Gasteiger partial charge in [0.25, 0.3) is 11.6 Å². The molecule has 1 aliphatic heterocycles. The van der Waals surface area contributed by atoms with Gasteiger partial charge in [0.15, 0.2) is 6.04 Å². The number of methoxy groups -OCH3 is 1. The van der Waals surface area contributed by atoms with Crippen molar-refractivity contribution < 1.29 is 24.0 Å². The Kier molecular flexibility index (Phi) is 4.41. The normalized spacial score (nSPS) is 17.4. The van der Waals surface area contributed by atoms with Crippen molar-refractivity contribution >= 4 is 17.6 Å². The van der Waals surface area contributed by atoms with E-state index in [0.717, 1.165) is 10.5 Å². The zero-order valence-electron chi connectivity index (χ0n) is 12.5. The van der Waals surface area contributed by atoms with Crippen LogP contribution in [-0.4, -0.2) is 48.2 Å². The number of nitro benzene ring substituents is 1. The van der Waals surface area contributed by atoms with E-state index < -0.39 is 22.8 Å². The van der Waals surface area contributed by atoms with Gasteiger partial charge in [0, 0.05) is 6.07 Å². The van der Waals surface area contributed by atoms with E-state index in [0.29, 0.717) is 5.56 Å². The van der Waals surface area contributed by atoms with Crippen LogP contribution in [0.15, 0.2) is 12.1 Å². The first-order valence-electron chi connectivity index (χ1n) is 6.59. The van der Waals surface area contributed by atoms with Gasteiger partial charge in [-0.2, -0.15) is 0 Å². The number of rotatable bonds is 3. The topological polar surface area (TPSA) is 99.0 Å². The van der Waals surface area contributed by atoms with Crippen molar-refractivity contribution in [2.45, 2.75) is 19.9 Å². The molecule has 0 N–H and O–H groups in total. The van der Waals surface area contributed by atoms with Crippen LogP contribution in [0.2, 0.25) is 0 Å². The van der Waals surface area contributed by atoms with Gasteiger partial charge in [0.2, 0.25) is 0 Å². The number of hydrogen-bond acceptors (Lipinski definition) is 6. The van der Waals surface area contributed by atoms with Gasteiger partial charge in [0.1, 0.15) is 12.3 Å². The molecule has 8 heteroatoms. The number of hydrogen-bond donors (Lipinski definition) is 0. The molecule has 1 fully saturated rings. The van der Waals surface area contributed by atoms with Gasteiger partial charge >= 0.3 is 5.97 Å². The molecule has 1 saturated heterocycles. The zero-order valence-corrected chi connectivity index (χ0v) is 12.5. The molecule has 8 nitrogen and oxygen atoms in total. The summed E-state index contributed by atoms with van der Waals surface area (Å²) in [4.78, 5) is 36.0. The first-order chi connectivity index (χ1) is 10.4. The van der Waals surface area contributed by atoms with Crippen LogP contribution < -0.4 is 0 Å². The third-order valence-electron chi connectivity index (χ3n) is 3.66. The monoisotopic (exact) mass is 308 g/mol. The Balaban J connectivity index is 2.43. The molecule has 0 saturated carbocycles. The summed E-state index contributed by atoms with van der Waals surface area (Å²) in [6.07, 6.45) is 0. The second-order valence-electron chi connectivity index (χ2n) is 5.02. The van der Waals surface area contributed by atoms with Gasteiger partial charge in [-0.3, -0.25) is 19.8 Å². The van der Waals surface area contributed by atoms with E-state index >= 15 is 0 Å². The maximum atomic E-state index is 12.6. The van der Waals surface area contributed by atoms with Crippen LogP contribution in [0, 0.1) is 24.0 Å². The molecule has 1 heterocycles. The smallest absolute Gasteiger partial charge is 0.331 e. The summed E-state index contributed by atoms with van der Waals surface area (Å²) >= 11 is 0. The first kappa shape index (κ1) is 15.9. The Hall–Kier alpha value is -2.48. The Morgan fingerprint density at radius 2 is 2.00 bits per heavy atom. The fourth-order valence-electron chi connectivity index (χ4n) is 2.25. The second-order valence-corrected chi connectivity index (χ2v) is 5.02. The maximum absolute atomic E-state index is 12.6. The Labute approximate surface area is 126 Å². The van der Waals surface area contributed by atoms with E-state index in [9.17, 15) is 19.7 Å². The van der Waals surface area contributed by atoms with Crippen LogP contribution in [0.4, 0.5) is 5.69 Å². The standard InChI is InChI=1S/C14H16N2O6/c1-8-4-10(11(16(19)20)5-9(8)2)13(17)15-7-22-6-12(15)14(18)21-3/h4-5,12H,6-7H2,1-3H3/t12-/m0/s1. The highest BCUT2D eigenvalue weighted by molar-refractivity contribution is 6.00. The number of nitro groups is 1. The number of esters is 1. The quantitative estimate of drug-likeness (QED) is 0.472. The van der Waals surface area contributed by atoms with Crippen molar-refractivity contribution in [2.24, 2.45) is 0 Å². The average Bonchev–Trinajstić information content (AvgIpc) is 2.97. The molecule has 0 radical (unpaired) electrons. The average molecular weight is 308 g/mol. The molecule has 22 heavy (non-hydrogen) atoms. The van der Waals surface area contributed by atoms with Gasteiger partial charge in [-0.05, 0) is 31.0 Å². The molecule has 1 aliphatic rings. The number of amides is 1. The minimum atomic E-state index is -0.890. The summed E-state index contributed by atoms with van der Waals surface area (Å²) in [5.41, 5.74) is 1.12. The van der Waals surface area contributed by atoms with Gasteiger partial charge in [-0.1, -0.05) is 0 Å². The molecule has 1 atom stereocenters. The van der Waals surface area contributed by atoms with Gasteiger partial charge in [-0.15, -0.1) is 0 Å². The van der Waals surface area contributed by atoms with Gasteiger partial charge in [0.05, 0.1) is 18.6 Å². The molecular weight excluding hydrogens is 292 g/mol. The first-order valence-corrected chi connectivity index (χ1v) is 6.59. The van der Waals surface area contributed by atoms with E-state index in [1.807, 2.05) is 0 Å². The summed E-state index contributed by atoms with van der Waals surface area (Å²) in [6, 6.07) is 1.92. The lowest BCUT2D eigenvalue weighted by molar-refractivity contribution is -0.385. The summed E-state index contributed by atoms with van der Waals surface area (Å²) in [6.45, 7) is 3.39. The van der Waals surface area contributed by atoms with Crippen LogP contribution in [0.25, 0.3) is 0 Å². The summed E-state index contributed by atoms with van der Waals surface area (Å²) < 4.78 is 9.75. The number of ether oxygens (including phenoxy) is 2. The third kappa shape index (κ3) is 2.77. The van der Waals surface area contributed by atoms with Crippen molar-refractivity contribution in [2.75, 3.05) is 20.4 Å². The molecule has 1 aromatic rings. The SMILES string of the molecule is COC(=O)[C@@H]1COCN1C(=O)c1cc(C)c(C)cc1[N+](=O)[O-]. The molecule has 0 bridgehead atoms. The molecule has 1 amide bonds. The minimum absolute atomic E-state index is 0.0110. The van der Waals surface area contributed by atoms with Crippen LogP contribution >= 0.6 is 0 Å². The molecule has 118 valence electrons. The minimum Gasteiger partial charge on any atom is -0.467 e. The molecule has 0 aliphatic carbocycles. The van der Waals surface area contributed by atoms with Crippen LogP contribution in [-0.2, 0) is 14.3 Å². The summed E-state index contributed by atoms with van der Waals surface area (Å²) in [5.74, 6) is -1.24. The van der Waals surface area contributed by atoms with E-state index in [2.05, 4.69) is 4.74 Å². The van der Waals surface area contributed by atoms with Gasteiger partial charge in [-0.25, -0.2) is 4.79 Å². The maximum Gasteiger partial charge on any atom is 0.331 e. The van der Waals surface area contributed by atoms with E-state index in [1.54, 1.807) is 13.8 Å². The largest absolute Gasteiger partial charge is 0.467 e. The van der Waals surface area contributed by atoms with E-state index in [4.69, 9.17) is 4.74 Å². The molecule has 0 aromatic heterocycles. The number of nitrogens with zero attached hydrogens (tertiary/aromatic N) is 2. The lowest BCUT2D eigenvalue weighted by atomic mass is 10.0. The van der Waals surface area contributed by atoms with Crippen molar-refractivity contribution in [1.82, 2.24) is 4.90 Å². The highest BCUT2D eigenvalue weighted by Crippen LogP contribution is 2.26. The lowest BCUT2D eigenvalue weighted by Gasteiger charge is -2.20. The highest BCUT2D eigenvalue weighted by Gasteiger charge is 2.38. The summed E-state index contributed by atoms with van der Waals surface area (Å²) in [5, 5.41) is 11.2. The number of carbonyl (C=O) groups excluding carboxylic acids is 2. The molecule has 2 rings (SSSR count). The second kappa shape index (κ2) is 6.10. The lowest BCUT2D eigenvalue weighted by Crippen LogP contribution is -2.42. The van der Waals surface area contributed by atoms with E-state index in [-0.39, 0.29) is 24.6 Å². The molecular formula is C14H16N2O6. The third-order valence-corrected chi connectivity index (χ3v) is 3.66. The van der Waals surface area contributed by atoms with Crippen molar-refractivity contribution in [1.29, 1.82) is 0 Å². The Morgan fingerprint density at radius 1 is 1.36 bits per heavy atom.